The molecule has 2 heterocycles. The highest BCUT2D eigenvalue weighted by Crippen LogP contribution is 2.36. The second kappa shape index (κ2) is 11.1. The number of ether oxygens (including phenoxy) is 2. The van der Waals surface area contributed by atoms with Crippen LogP contribution >= 0.6 is 0 Å². The summed E-state index contributed by atoms with van der Waals surface area (Å²) in [5.41, 5.74) is 9.61. The second-order valence-corrected chi connectivity index (χ2v) is 8.85. The van der Waals surface area contributed by atoms with Crippen LogP contribution in [0, 0.1) is 12.3 Å². The molecule has 4 rings (SSSR count). The van der Waals surface area contributed by atoms with Crippen LogP contribution in [0.2, 0.25) is 0 Å². The summed E-state index contributed by atoms with van der Waals surface area (Å²) in [4.78, 5) is 25.0. The van der Waals surface area contributed by atoms with Crippen molar-refractivity contribution in [3.05, 3.63) is 71.6 Å². The van der Waals surface area contributed by atoms with E-state index >= 15 is 0 Å². The largest absolute Gasteiger partial charge is 0.496 e. The molecule has 0 aliphatic carbocycles. The molecule has 0 saturated heterocycles. The summed E-state index contributed by atoms with van der Waals surface area (Å²) in [6.07, 6.45) is 4.76. The zero-order valence-electron chi connectivity index (χ0n) is 21.4. The van der Waals surface area contributed by atoms with Crippen LogP contribution in [0.5, 0.6) is 11.5 Å². The summed E-state index contributed by atoms with van der Waals surface area (Å²) in [5.74, 6) is 1.72. The quantitative estimate of drug-likeness (QED) is 0.316. The van der Waals surface area contributed by atoms with Crippen LogP contribution in [0.4, 0.5) is 23.0 Å². The lowest BCUT2D eigenvalue weighted by Crippen LogP contribution is -2.37. The van der Waals surface area contributed by atoms with Crippen molar-refractivity contribution in [3.63, 3.8) is 0 Å². The van der Waals surface area contributed by atoms with Gasteiger partial charge in [-0.1, -0.05) is 18.2 Å². The van der Waals surface area contributed by atoms with Crippen LogP contribution in [0.15, 0.2) is 54.9 Å². The lowest BCUT2D eigenvalue weighted by molar-refractivity contribution is -0.114. The van der Waals surface area contributed by atoms with E-state index in [0.717, 1.165) is 5.56 Å². The van der Waals surface area contributed by atoms with Crippen molar-refractivity contribution in [1.29, 1.82) is 5.41 Å². The minimum atomic E-state index is -0.120. The number of nitrogens with zero attached hydrogens (tertiary/aromatic N) is 4. The van der Waals surface area contributed by atoms with Crippen LogP contribution in [0.25, 0.3) is 0 Å². The van der Waals surface area contributed by atoms with Crippen molar-refractivity contribution in [2.24, 2.45) is 0 Å². The Hall–Kier alpha value is -4.44. The number of anilines is 4. The number of hydrogen-bond donors (Lipinski definition) is 3. The normalized spacial score (nSPS) is 12.8. The Kier molecular flexibility index (Phi) is 7.69. The molecule has 37 heavy (non-hydrogen) atoms. The summed E-state index contributed by atoms with van der Waals surface area (Å²) in [7, 11) is 5.48. The molecule has 2 aromatic carbocycles. The van der Waals surface area contributed by atoms with Gasteiger partial charge in [0.05, 0.1) is 30.6 Å². The highest BCUT2D eigenvalue weighted by atomic mass is 16.5. The monoisotopic (exact) mass is 501 g/mol. The number of nitrogens with two attached hydrogens (primary N) is 1. The van der Waals surface area contributed by atoms with Gasteiger partial charge in [0.25, 0.3) is 5.91 Å². The number of carbonyl (C=O) groups excluding carboxylic acids is 1. The number of benzene rings is 2. The van der Waals surface area contributed by atoms with Crippen molar-refractivity contribution in [3.8, 4) is 11.5 Å². The molecule has 1 aromatic heterocycles. The summed E-state index contributed by atoms with van der Waals surface area (Å²) < 4.78 is 11.2. The van der Waals surface area contributed by atoms with Gasteiger partial charge < -0.3 is 30.3 Å². The first-order valence-corrected chi connectivity index (χ1v) is 11.8. The van der Waals surface area contributed by atoms with Crippen LogP contribution in [0.3, 0.4) is 0 Å². The summed E-state index contributed by atoms with van der Waals surface area (Å²) >= 11 is 0. The number of rotatable bonds is 8. The van der Waals surface area contributed by atoms with Crippen molar-refractivity contribution >= 4 is 34.6 Å². The molecule has 10 nitrogen and oxygen atoms in total. The number of hydrogen-bond acceptors (Lipinski definition) is 9. The number of aryl methyl sites for hydroxylation is 1. The van der Waals surface area contributed by atoms with E-state index in [1.165, 1.54) is 6.33 Å². The Balaban J connectivity index is 1.65. The van der Waals surface area contributed by atoms with Gasteiger partial charge in [0.1, 0.15) is 36.1 Å². The SMILES string of the molecule is COc1cc(C(=N)c2c(N)ncnc2Nc2ccc3c(c2)N(C(=O)/C=C/CN(C)C)CCO3)ccc1C. The third kappa shape index (κ3) is 5.70. The number of fused-ring (bicyclic) bond motifs is 1. The molecule has 0 spiro atoms. The van der Waals surface area contributed by atoms with E-state index in [2.05, 4.69) is 15.3 Å². The maximum atomic E-state index is 12.9. The van der Waals surface area contributed by atoms with Crippen molar-refractivity contribution in [1.82, 2.24) is 14.9 Å². The van der Waals surface area contributed by atoms with Crippen LogP contribution in [-0.4, -0.2) is 67.4 Å². The first kappa shape index (κ1) is 25.6. The average molecular weight is 502 g/mol. The lowest BCUT2D eigenvalue weighted by atomic mass is 10.0. The van der Waals surface area contributed by atoms with Gasteiger partial charge in [0.2, 0.25) is 0 Å². The number of amides is 1. The summed E-state index contributed by atoms with van der Waals surface area (Å²) in [5, 5.41) is 12.1. The molecule has 0 atom stereocenters. The van der Waals surface area contributed by atoms with Gasteiger partial charge in [-0.25, -0.2) is 9.97 Å². The molecule has 4 N–H and O–H groups in total. The standard InChI is InChI=1S/C27H31N7O3/c1-17-7-8-18(14-22(17)36-4)25(28)24-26(29)30-16-31-27(24)32-19-9-10-21-20(15-19)34(12-13-37-21)23(35)6-5-11-33(2)3/h5-10,14-16,28H,11-13H2,1-4H3,(H3,29,30,31,32)/b6-5+,28-25?. The van der Waals surface area contributed by atoms with Gasteiger partial charge in [-0.3, -0.25) is 10.2 Å². The first-order valence-electron chi connectivity index (χ1n) is 11.8. The molecule has 1 amide bonds. The molecule has 0 unspecified atom stereocenters. The minimum absolute atomic E-state index is 0.120. The molecule has 3 aromatic rings. The van der Waals surface area contributed by atoms with Crippen molar-refractivity contribution in [2.75, 3.05) is 56.9 Å². The number of nitrogens with one attached hydrogen (secondary N) is 2. The fourth-order valence-corrected chi connectivity index (χ4v) is 3.98. The van der Waals surface area contributed by atoms with E-state index in [1.54, 1.807) is 30.2 Å². The van der Waals surface area contributed by atoms with Crippen LogP contribution in [-0.2, 0) is 4.79 Å². The van der Waals surface area contributed by atoms with E-state index in [4.69, 9.17) is 20.6 Å². The molecule has 0 saturated carbocycles. The van der Waals surface area contributed by atoms with Crippen molar-refractivity contribution < 1.29 is 14.3 Å². The maximum Gasteiger partial charge on any atom is 0.250 e. The minimum Gasteiger partial charge on any atom is -0.496 e. The molecule has 1 aliphatic heterocycles. The third-order valence-corrected chi connectivity index (χ3v) is 5.91. The van der Waals surface area contributed by atoms with Crippen molar-refractivity contribution in [2.45, 2.75) is 6.92 Å². The van der Waals surface area contributed by atoms with Crippen LogP contribution < -0.4 is 25.4 Å². The van der Waals surface area contributed by atoms with Gasteiger partial charge in [-0.15, -0.1) is 0 Å². The van der Waals surface area contributed by atoms with Gasteiger partial charge in [-0.2, -0.15) is 0 Å². The molecule has 10 heteroatoms. The van der Waals surface area contributed by atoms with Crippen LogP contribution in [0.1, 0.15) is 16.7 Å². The van der Waals surface area contributed by atoms with Gasteiger partial charge in [-0.05, 0) is 50.8 Å². The maximum absolute atomic E-state index is 12.9. The second-order valence-electron chi connectivity index (χ2n) is 8.85. The Labute approximate surface area is 216 Å². The third-order valence-electron chi connectivity index (χ3n) is 5.91. The van der Waals surface area contributed by atoms with E-state index in [9.17, 15) is 4.79 Å². The summed E-state index contributed by atoms with van der Waals surface area (Å²) in [6.45, 7) is 3.45. The highest BCUT2D eigenvalue weighted by Gasteiger charge is 2.24. The topological polar surface area (TPSA) is 130 Å². The zero-order chi connectivity index (χ0) is 26.5. The fraction of sp³-hybridized carbons (Fsp3) is 0.259. The Morgan fingerprint density at radius 1 is 1.27 bits per heavy atom. The molecule has 0 bridgehead atoms. The number of aromatic nitrogens is 2. The molecular weight excluding hydrogens is 470 g/mol. The highest BCUT2D eigenvalue weighted by molar-refractivity contribution is 6.16. The number of methoxy groups -OCH3 is 1. The van der Waals surface area contributed by atoms with Gasteiger partial charge >= 0.3 is 0 Å². The van der Waals surface area contributed by atoms with E-state index < -0.39 is 0 Å². The lowest BCUT2D eigenvalue weighted by Gasteiger charge is -2.29. The van der Waals surface area contributed by atoms with Gasteiger partial charge in [0.15, 0.2) is 0 Å². The predicted octanol–water partition coefficient (Wildman–Crippen LogP) is 3.38. The number of likely N-dealkylation sites (N-methyl/N-ethyl adjacent to an activating group) is 1. The van der Waals surface area contributed by atoms with Gasteiger partial charge in [0, 0.05) is 23.9 Å². The number of nitrogen functional groups attached to an aromatic ring is 1. The fourth-order valence-electron chi connectivity index (χ4n) is 3.98. The molecule has 0 fully saturated rings. The average Bonchev–Trinajstić information content (AvgIpc) is 2.88. The molecular formula is C27H31N7O3. The Bertz CT molecular complexity index is 1350. The zero-order valence-corrected chi connectivity index (χ0v) is 21.4. The van der Waals surface area contributed by atoms with E-state index in [0.29, 0.717) is 59.5 Å². The summed E-state index contributed by atoms with van der Waals surface area (Å²) in [6, 6.07) is 11.0. The Morgan fingerprint density at radius 3 is 2.84 bits per heavy atom. The smallest absolute Gasteiger partial charge is 0.250 e. The molecule has 1 aliphatic rings. The van der Waals surface area contributed by atoms with E-state index in [-0.39, 0.29) is 17.4 Å². The van der Waals surface area contributed by atoms with E-state index in [1.807, 2.05) is 56.3 Å². The first-order chi connectivity index (χ1) is 17.8. The Morgan fingerprint density at radius 2 is 2.08 bits per heavy atom. The molecule has 0 radical (unpaired) electrons. The molecule has 192 valence electrons. The number of carbonyl (C=O) groups is 1. The predicted molar refractivity (Wildman–Crippen MR) is 145 cm³/mol.